The van der Waals surface area contributed by atoms with E-state index in [0.29, 0.717) is 0 Å². The Morgan fingerprint density at radius 2 is 1.75 bits per heavy atom. The summed E-state index contributed by atoms with van der Waals surface area (Å²) in [6, 6.07) is 0.982. The molecule has 0 unspecified atom stereocenters. The van der Waals surface area contributed by atoms with Gasteiger partial charge in [0.2, 0.25) is 0 Å². The fraction of sp³-hybridized carbons (Fsp3) is 1.00. The second-order valence-corrected chi connectivity index (χ2v) is 4.50. The van der Waals surface area contributed by atoms with Crippen molar-refractivity contribution in [3.63, 3.8) is 0 Å². The summed E-state index contributed by atoms with van der Waals surface area (Å²) in [4.78, 5) is 2.73. The lowest BCUT2D eigenvalue weighted by molar-refractivity contribution is 0.0607. The molecule has 12 heavy (non-hydrogen) atoms. The van der Waals surface area contributed by atoms with E-state index < -0.39 is 0 Å². The molecule has 1 saturated heterocycles. The van der Waals surface area contributed by atoms with Gasteiger partial charge in [0.25, 0.3) is 0 Å². The molecule has 1 aliphatic heterocycles. The highest BCUT2D eigenvalue weighted by Gasteiger charge is 2.32. The van der Waals surface area contributed by atoms with E-state index in [-0.39, 0.29) is 0 Å². The summed E-state index contributed by atoms with van der Waals surface area (Å²) in [5, 5.41) is 0. The SMILES string of the molecule is CCC1CC(N2CCCCC2)C1. The third-order valence-corrected chi connectivity index (χ3v) is 3.70. The Bertz CT molecular complexity index is 132. The Hall–Kier alpha value is -0.0400. The number of likely N-dealkylation sites (tertiary alicyclic amines) is 1. The molecular weight excluding hydrogens is 146 g/mol. The van der Waals surface area contributed by atoms with E-state index in [4.69, 9.17) is 0 Å². The lowest BCUT2D eigenvalue weighted by Gasteiger charge is -2.44. The van der Waals surface area contributed by atoms with Crippen molar-refractivity contribution in [2.45, 2.75) is 51.5 Å². The smallest absolute Gasteiger partial charge is 0.0100 e. The normalized spacial score (nSPS) is 37.8. The van der Waals surface area contributed by atoms with E-state index in [1.807, 2.05) is 0 Å². The lowest BCUT2D eigenvalue weighted by Crippen LogP contribution is -2.46. The molecule has 1 heteroatoms. The van der Waals surface area contributed by atoms with Gasteiger partial charge in [0, 0.05) is 6.04 Å². The average Bonchev–Trinajstić information content (AvgIpc) is 2.04. The molecule has 1 aliphatic carbocycles. The third kappa shape index (κ3) is 1.66. The van der Waals surface area contributed by atoms with Gasteiger partial charge < -0.3 is 4.90 Å². The zero-order valence-corrected chi connectivity index (χ0v) is 8.26. The van der Waals surface area contributed by atoms with Gasteiger partial charge in [-0.2, -0.15) is 0 Å². The van der Waals surface area contributed by atoms with Crippen molar-refractivity contribution in [1.82, 2.24) is 4.90 Å². The van der Waals surface area contributed by atoms with Gasteiger partial charge in [-0.3, -0.25) is 0 Å². The molecule has 70 valence electrons. The maximum Gasteiger partial charge on any atom is 0.0100 e. The van der Waals surface area contributed by atoms with Crippen molar-refractivity contribution in [1.29, 1.82) is 0 Å². The van der Waals surface area contributed by atoms with Crippen LogP contribution in [0.25, 0.3) is 0 Å². The largest absolute Gasteiger partial charge is 0.300 e. The van der Waals surface area contributed by atoms with Gasteiger partial charge >= 0.3 is 0 Å². The van der Waals surface area contributed by atoms with Gasteiger partial charge in [-0.25, -0.2) is 0 Å². The van der Waals surface area contributed by atoms with Gasteiger partial charge in [-0.15, -0.1) is 0 Å². The minimum Gasteiger partial charge on any atom is -0.300 e. The lowest BCUT2D eigenvalue weighted by atomic mass is 9.77. The van der Waals surface area contributed by atoms with Gasteiger partial charge in [0.05, 0.1) is 0 Å². The van der Waals surface area contributed by atoms with Crippen LogP contribution in [0.15, 0.2) is 0 Å². The predicted molar refractivity (Wildman–Crippen MR) is 52.2 cm³/mol. The zero-order chi connectivity index (χ0) is 8.39. The van der Waals surface area contributed by atoms with Crippen LogP contribution < -0.4 is 0 Å². The minimum absolute atomic E-state index is 0.982. The molecule has 0 aromatic carbocycles. The molecule has 0 bridgehead atoms. The predicted octanol–water partition coefficient (Wildman–Crippen LogP) is 2.66. The second kappa shape index (κ2) is 3.78. The van der Waals surface area contributed by atoms with E-state index >= 15 is 0 Å². The maximum absolute atomic E-state index is 2.73. The van der Waals surface area contributed by atoms with Crippen molar-refractivity contribution in [2.75, 3.05) is 13.1 Å². The van der Waals surface area contributed by atoms with E-state index in [1.54, 1.807) is 0 Å². The number of rotatable bonds is 2. The summed E-state index contributed by atoms with van der Waals surface area (Å²) in [5.41, 5.74) is 0. The summed E-state index contributed by atoms with van der Waals surface area (Å²) in [5.74, 6) is 1.07. The number of piperidine rings is 1. The fourth-order valence-electron chi connectivity index (χ4n) is 2.62. The Morgan fingerprint density at radius 1 is 1.08 bits per heavy atom. The summed E-state index contributed by atoms with van der Waals surface area (Å²) in [6.45, 7) is 5.11. The zero-order valence-electron chi connectivity index (χ0n) is 8.26. The molecule has 1 saturated carbocycles. The maximum atomic E-state index is 2.73. The second-order valence-electron chi connectivity index (χ2n) is 4.50. The Balaban J connectivity index is 1.72. The van der Waals surface area contributed by atoms with Crippen LogP contribution in [0.5, 0.6) is 0 Å². The molecule has 1 heterocycles. The number of hydrogen-bond donors (Lipinski definition) is 0. The first kappa shape index (κ1) is 8.55. The van der Waals surface area contributed by atoms with Gasteiger partial charge in [-0.1, -0.05) is 19.8 Å². The topological polar surface area (TPSA) is 3.24 Å². The molecular formula is C11H21N. The van der Waals surface area contributed by atoms with Crippen molar-refractivity contribution in [3.05, 3.63) is 0 Å². The van der Waals surface area contributed by atoms with Crippen LogP contribution in [0, 0.1) is 5.92 Å². The standard InChI is InChI=1S/C11H21N/c1-2-10-8-11(9-10)12-6-4-3-5-7-12/h10-11H,2-9H2,1H3. The molecule has 1 nitrogen and oxygen atoms in total. The summed E-state index contributed by atoms with van der Waals surface area (Å²) >= 11 is 0. The number of hydrogen-bond acceptors (Lipinski definition) is 1. The molecule has 2 aliphatic rings. The van der Waals surface area contributed by atoms with Gasteiger partial charge in [0.1, 0.15) is 0 Å². The summed E-state index contributed by atoms with van der Waals surface area (Å²) in [7, 11) is 0. The van der Waals surface area contributed by atoms with Crippen molar-refractivity contribution in [3.8, 4) is 0 Å². The first-order valence-corrected chi connectivity index (χ1v) is 5.64. The van der Waals surface area contributed by atoms with E-state index in [1.165, 1.54) is 51.6 Å². The van der Waals surface area contributed by atoms with E-state index in [2.05, 4.69) is 11.8 Å². The third-order valence-electron chi connectivity index (χ3n) is 3.70. The molecule has 2 rings (SSSR count). The Morgan fingerprint density at radius 3 is 2.33 bits per heavy atom. The van der Waals surface area contributed by atoms with Crippen LogP contribution in [0.4, 0.5) is 0 Å². The molecule has 0 N–H and O–H groups in total. The van der Waals surface area contributed by atoms with Crippen LogP contribution in [0.1, 0.15) is 45.4 Å². The van der Waals surface area contributed by atoms with Gasteiger partial charge in [0.15, 0.2) is 0 Å². The minimum atomic E-state index is 0.982. The van der Waals surface area contributed by atoms with Crippen molar-refractivity contribution in [2.24, 2.45) is 5.92 Å². The molecule has 0 aromatic rings. The fourth-order valence-corrected chi connectivity index (χ4v) is 2.62. The van der Waals surface area contributed by atoms with Crippen LogP contribution in [-0.4, -0.2) is 24.0 Å². The van der Waals surface area contributed by atoms with Crippen LogP contribution in [-0.2, 0) is 0 Å². The summed E-state index contributed by atoms with van der Waals surface area (Å²) in [6.07, 6.45) is 8.78. The van der Waals surface area contributed by atoms with Crippen LogP contribution >= 0.6 is 0 Å². The van der Waals surface area contributed by atoms with Crippen LogP contribution in [0.3, 0.4) is 0 Å². The molecule has 0 amide bonds. The molecule has 0 radical (unpaired) electrons. The monoisotopic (exact) mass is 167 g/mol. The van der Waals surface area contributed by atoms with Crippen LogP contribution in [0.2, 0.25) is 0 Å². The molecule has 2 fully saturated rings. The summed E-state index contributed by atoms with van der Waals surface area (Å²) < 4.78 is 0. The average molecular weight is 167 g/mol. The van der Waals surface area contributed by atoms with Crippen molar-refractivity contribution < 1.29 is 0 Å². The Labute approximate surface area is 76.1 Å². The molecule has 0 atom stereocenters. The Kier molecular flexibility index (Phi) is 2.69. The molecule has 0 spiro atoms. The van der Waals surface area contributed by atoms with E-state index in [0.717, 1.165) is 12.0 Å². The highest BCUT2D eigenvalue weighted by Crippen LogP contribution is 2.34. The molecule has 0 aromatic heterocycles. The first-order chi connectivity index (χ1) is 5.90. The highest BCUT2D eigenvalue weighted by atomic mass is 15.2. The first-order valence-electron chi connectivity index (χ1n) is 5.64. The highest BCUT2D eigenvalue weighted by molar-refractivity contribution is 4.87. The van der Waals surface area contributed by atoms with Gasteiger partial charge in [-0.05, 0) is 44.7 Å². The van der Waals surface area contributed by atoms with Crippen molar-refractivity contribution >= 4 is 0 Å². The van der Waals surface area contributed by atoms with E-state index in [9.17, 15) is 0 Å². The quantitative estimate of drug-likeness (QED) is 0.611. The number of nitrogens with zero attached hydrogens (tertiary/aromatic N) is 1.